The van der Waals surface area contributed by atoms with Crippen molar-refractivity contribution in [1.82, 2.24) is 0 Å². The van der Waals surface area contributed by atoms with Crippen LogP contribution in [0.3, 0.4) is 0 Å². The highest BCUT2D eigenvalue weighted by atomic mass is 32.2. The molecule has 9 aromatic carbocycles. The topological polar surface area (TPSA) is 3.24 Å². The lowest BCUT2D eigenvalue weighted by Crippen LogP contribution is -2.62. The molecular weight excluding hydrogens is 735 g/mol. The monoisotopic (exact) mass is 772 g/mol. The molecule has 1 nitrogen and oxygen atoms in total. The lowest BCUT2D eigenvalue weighted by atomic mass is 9.64. The van der Waals surface area contributed by atoms with Crippen molar-refractivity contribution in [2.24, 2.45) is 0 Å². The minimum Gasteiger partial charge on any atom is -0.310 e. The first-order valence-corrected chi connectivity index (χ1v) is 22.2. The zero-order valence-electron chi connectivity index (χ0n) is 31.8. The quantitative estimate of drug-likeness (QED) is 0.155. The van der Waals surface area contributed by atoms with Gasteiger partial charge in [0.2, 0.25) is 0 Å². The molecule has 9 aromatic rings. The summed E-state index contributed by atoms with van der Waals surface area (Å²) in [5.74, 6) is 0. The van der Waals surface area contributed by atoms with Crippen LogP contribution in [-0.4, -0.2) is 8.80 Å². The van der Waals surface area contributed by atoms with Gasteiger partial charge >= 0.3 is 0 Å². The van der Waals surface area contributed by atoms with Crippen LogP contribution in [0.2, 0.25) is 0 Å². The van der Waals surface area contributed by atoms with Gasteiger partial charge in [-0.05, 0) is 103 Å². The van der Waals surface area contributed by atoms with Crippen molar-refractivity contribution in [1.29, 1.82) is 0 Å². The van der Waals surface area contributed by atoms with Crippen molar-refractivity contribution >= 4 is 53.2 Å². The Morgan fingerprint density at radius 1 is 0.328 bits per heavy atom. The lowest BCUT2D eigenvalue weighted by Gasteiger charge is -2.48. The van der Waals surface area contributed by atoms with Crippen molar-refractivity contribution in [2.75, 3.05) is 4.90 Å². The van der Waals surface area contributed by atoms with E-state index in [0.717, 1.165) is 17.1 Å². The number of rotatable bonds is 6. The third kappa shape index (κ3) is 5.61. The van der Waals surface area contributed by atoms with Crippen LogP contribution in [0, 0.1) is 0 Å². The van der Waals surface area contributed by atoms with E-state index in [9.17, 15) is 0 Å². The molecule has 2 aliphatic heterocycles. The smallest absolute Gasteiger partial charge is 0.155 e. The second-order valence-electron chi connectivity index (χ2n) is 15.0. The number of fused-ring (bicyclic) bond motifs is 8. The van der Waals surface area contributed by atoms with Crippen LogP contribution in [-0.2, 0) is 5.41 Å². The second kappa shape index (κ2) is 14.4. The highest BCUT2D eigenvalue weighted by molar-refractivity contribution is 7.99. The highest BCUT2D eigenvalue weighted by Crippen LogP contribution is 2.56. The van der Waals surface area contributed by atoms with Gasteiger partial charge in [-0.2, -0.15) is 0 Å². The average molecular weight is 773 g/mol. The van der Waals surface area contributed by atoms with Crippen LogP contribution >= 0.6 is 11.8 Å². The van der Waals surface area contributed by atoms with Crippen LogP contribution in [0.4, 0.5) is 17.1 Å². The number of hydrogen-bond acceptors (Lipinski definition) is 2. The fourth-order valence-electron chi connectivity index (χ4n) is 9.32. The number of benzene rings is 9. The van der Waals surface area contributed by atoms with Gasteiger partial charge in [-0.1, -0.05) is 199 Å². The molecule has 0 fully saturated rings. The molecule has 1 spiro atoms. The van der Waals surface area contributed by atoms with Crippen molar-refractivity contribution in [2.45, 2.75) is 15.2 Å². The molecule has 2 heterocycles. The molecule has 0 amide bonds. The minimum atomic E-state index is -1.38. The first kappa shape index (κ1) is 34.6. The van der Waals surface area contributed by atoms with Crippen LogP contribution in [0.5, 0.6) is 0 Å². The predicted octanol–water partition coefficient (Wildman–Crippen LogP) is 12.2. The van der Waals surface area contributed by atoms with Gasteiger partial charge in [-0.3, -0.25) is 0 Å². The Morgan fingerprint density at radius 2 is 0.741 bits per heavy atom. The Hall–Kier alpha value is -6.65. The zero-order valence-corrected chi connectivity index (χ0v) is 33.6. The summed E-state index contributed by atoms with van der Waals surface area (Å²) in [5.41, 5.74) is 13.2. The fraction of sp³-hybridized carbons (Fsp3) is 0.0182. The molecule has 58 heavy (non-hydrogen) atoms. The van der Waals surface area contributed by atoms with Crippen LogP contribution in [0.15, 0.2) is 240 Å². The Bertz CT molecular complexity index is 2780. The molecule has 273 valence electrons. The van der Waals surface area contributed by atoms with E-state index in [1.54, 1.807) is 0 Å². The summed E-state index contributed by atoms with van der Waals surface area (Å²) in [6, 6.07) is 85.6. The summed E-state index contributed by atoms with van der Waals surface area (Å²) in [5, 5.41) is 4.30. The van der Waals surface area contributed by atoms with E-state index >= 15 is 0 Å². The largest absolute Gasteiger partial charge is 0.310 e. The summed E-state index contributed by atoms with van der Waals surface area (Å²) in [7, 11) is -1.38. The Labute approximate surface area is 346 Å². The van der Waals surface area contributed by atoms with Crippen LogP contribution in [0.25, 0.3) is 22.3 Å². The maximum Gasteiger partial charge on any atom is 0.155 e. The summed E-state index contributed by atoms with van der Waals surface area (Å²) in [4.78, 5) is 5.07. The van der Waals surface area contributed by atoms with E-state index in [4.69, 9.17) is 0 Å². The van der Waals surface area contributed by atoms with Gasteiger partial charge in [0.25, 0.3) is 0 Å². The molecule has 1 radical (unpaired) electrons. The molecule has 0 unspecified atom stereocenters. The lowest BCUT2D eigenvalue weighted by molar-refractivity contribution is 0.708. The molecule has 0 atom stereocenters. The molecule has 0 saturated carbocycles. The maximum atomic E-state index is 2.54. The Balaban J connectivity index is 1.18. The van der Waals surface area contributed by atoms with Gasteiger partial charge in [0, 0.05) is 26.9 Å². The minimum absolute atomic E-state index is 0.511. The fourth-order valence-corrected chi connectivity index (χ4v) is 13.5. The number of nitrogens with zero attached hydrogens (tertiary/aromatic N) is 1. The summed E-state index contributed by atoms with van der Waals surface area (Å²) >= 11 is 1.90. The molecule has 0 bridgehead atoms. The van der Waals surface area contributed by atoms with Crippen molar-refractivity contribution in [3.63, 3.8) is 0 Å². The Morgan fingerprint density at radius 3 is 1.29 bits per heavy atom. The second-order valence-corrected chi connectivity index (χ2v) is 18.5. The van der Waals surface area contributed by atoms with Gasteiger partial charge < -0.3 is 4.90 Å². The third-order valence-corrected chi connectivity index (χ3v) is 15.9. The molecule has 3 heteroatoms. The van der Waals surface area contributed by atoms with E-state index in [0.29, 0.717) is 0 Å². The standard InChI is InChI=1S/C55H38NSSi/c1-4-16-39(17-5-1)41-28-32-43(33-29-41)56(44-34-30-42(31-35-44)40-18-6-2-7-19-40)45-36-37-54-50(38-45)55(47-22-10-13-25-51(47)57-52-26-14-11-23-48(52)55)49-24-12-15-27-53(49)58(54)46-20-8-3-9-21-46/h1-38H. The average Bonchev–Trinajstić information content (AvgIpc) is 3.30. The molecule has 0 aliphatic carbocycles. The molecular formula is C55H38NSSi. The van der Waals surface area contributed by atoms with E-state index < -0.39 is 14.2 Å². The highest BCUT2D eigenvalue weighted by Gasteiger charge is 2.51. The maximum absolute atomic E-state index is 2.54. The van der Waals surface area contributed by atoms with Gasteiger partial charge in [-0.15, -0.1) is 0 Å². The van der Waals surface area contributed by atoms with Crippen LogP contribution in [0.1, 0.15) is 22.3 Å². The summed E-state index contributed by atoms with van der Waals surface area (Å²) in [6.45, 7) is 0. The first-order chi connectivity index (χ1) is 28.8. The van der Waals surface area contributed by atoms with E-state index in [2.05, 4.69) is 235 Å². The van der Waals surface area contributed by atoms with Gasteiger partial charge in [0.15, 0.2) is 8.80 Å². The molecule has 2 aliphatic rings. The number of hydrogen-bond donors (Lipinski definition) is 0. The molecule has 11 rings (SSSR count). The van der Waals surface area contributed by atoms with E-state index in [-0.39, 0.29) is 0 Å². The van der Waals surface area contributed by atoms with Crippen molar-refractivity contribution < 1.29 is 0 Å². The van der Waals surface area contributed by atoms with Gasteiger partial charge in [-0.25, -0.2) is 0 Å². The number of anilines is 3. The SMILES string of the molecule is c1ccc(-c2ccc(N(c3ccc(-c4ccccc4)cc3)c3ccc4c(c3)C3(c5ccccc5Sc5ccccc53)c3ccccc3[Si]4c3ccccc3)cc2)cc1. The van der Waals surface area contributed by atoms with Gasteiger partial charge in [0.1, 0.15) is 0 Å². The predicted molar refractivity (Wildman–Crippen MR) is 246 cm³/mol. The van der Waals surface area contributed by atoms with E-state index in [1.807, 2.05) is 11.8 Å². The van der Waals surface area contributed by atoms with Gasteiger partial charge in [0.05, 0.1) is 5.41 Å². The van der Waals surface area contributed by atoms with Crippen molar-refractivity contribution in [3.8, 4) is 22.3 Å². The summed E-state index contributed by atoms with van der Waals surface area (Å²) < 4.78 is 0. The first-order valence-electron chi connectivity index (χ1n) is 19.9. The third-order valence-electron chi connectivity index (χ3n) is 11.9. The zero-order chi connectivity index (χ0) is 38.5. The molecule has 0 aromatic heterocycles. The molecule has 0 saturated heterocycles. The van der Waals surface area contributed by atoms with Crippen molar-refractivity contribution in [3.05, 3.63) is 253 Å². The van der Waals surface area contributed by atoms with E-state index in [1.165, 1.54) is 69.9 Å². The summed E-state index contributed by atoms with van der Waals surface area (Å²) in [6.07, 6.45) is 0. The Kier molecular flexibility index (Phi) is 8.57. The van der Waals surface area contributed by atoms with Crippen LogP contribution < -0.4 is 20.5 Å². The molecule has 0 N–H and O–H groups in total. The normalized spacial score (nSPS) is 13.5.